The molecule has 0 fully saturated rings. The number of nitrogens with one attached hydrogen (secondary N) is 1. The normalized spacial score (nSPS) is 12.3. The number of rotatable bonds is 7. The molecule has 1 amide bonds. The highest BCUT2D eigenvalue weighted by Gasteiger charge is 2.16. The van der Waals surface area contributed by atoms with Crippen LogP contribution >= 0.6 is 0 Å². The van der Waals surface area contributed by atoms with Crippen molar-refractivity contribution in [2.45, 2.75) is 18.9 Å². The molecule has 1 N–H and O–H groups in total. The number of carbonyl (C=O) groups excluding carboxylic acids is 1. The number of amides is 1. The number of nitrogens with zero attached hydrogens (tertiary/aromatic N) is 3. The van der Waals surface area contributed by atoms with E-state index in [1.165, 1.54) is 4.57 Å². The van der Waals surface area contributed by atoms with Crippen LogP contribution in [0.25, 0.3) is 10.9 Å². The van der Waals surface area contributed by atoms with Gasteiger partial charge in [0.15, 0.2) is 0 Å². The zero-order valence-electron chi connectivity index (χ0n) is 16.6. The van der Waals surface area contributed by atoms with Crippen LogP contribution in [0.3, 0.4) is 0 Å². The lowest BCUT2D eigenvalue weighted by Gasteiger charge is -2.23. The maximum atomic E-state index is 12.6. The van der Waals surface area contributed by atoms with Crippen molar-refractivity contribution in [2.75, 3.05) is 20.6 Å². The van der Waals surface area contributed by atoms with Gasteiger partial charge < -0.3 is 10.2 Å². The van der Waals surface area contributed by atoms with Gasteiger partial charge in [0.1, 0.15) is 5.82 Å². The number of fused-ring (bicyclic) bond motifs is 1. The number of hydrogen-bond donors (Lipinski definition) is 1. The lowest BCUT2D eigenvalue weighted by atomic mass is 10.1. The van der Waals surface area contributed by atoms with Crippen LogP contribution in [0, 0.1) is 0 Å². The summed E-state index contributed by atoms with van der Waals surface area (Å²) in [6, 6.07) is 17.1. The molecular weight excluding hydrogens is 352 g/mol. The van der Waals surface area contributed by atoms with Gasteiger partial charge in [0, 0.05) is 26.4 Å². The molecule has 0 saturated carbocycles. The Hall–Kier alpha value is -2.99. The van der Waals surface area contributed by atoms with Crippen molar-refractivity contribution < 1.29 is 4.79 Å². The number of para-hydroxylation sites is 1. The molecule has 6 heteroatoms. The van der Waals surface area contributed by atoms with Crippen molar-refractivity contribution in [2.24, 2.45) is 7.05 Å². The number of benzene rings is 2. The van der Waals surface area contributed by atoms with Gasteiger partial charge in [0.25, 0.3) is 5.56 Å². The fourth-order valence-corrected chi connectivity index (χ4v) is 3.26. The van der Waals surface area contributed by atoms with Crippen LogP contribution in [0.5, 0.6) is 0 Å². The fourth-order valence-electron chi connectivity index (χ4n) is 3.26. The van der Waals surface area contributed by atoms with Gasteiger partial charge in [-0.1, -0.05) is 42.5 Å². The topological polar surface area (TPSA) is 67.2 Å². The SMILES string of the molecule is CN(C)C[C@@H](NC(=O)CCc1nc2ccccc2c(=O)n1C)c1ccccc1. The summed E-state index contributed by atoms with van der Waals surface area (Å²) < 4.78 is 1.53. The molecule has 6 nitrogen and oxygen atoms in total. The summed E-state index contributed by atoms with van der Waals surface area (Å²) in [5.41, 5.74) is 1.65. The second-order valence-electron chi connectivity index (χ2n) is 7.20. The molecule has 0 bridgehead atoms. The number of hydrogen-bond acceptors (Lipinski definition) is 4. The van der Waals surface area contributed by atoms with E-state index in [9.17, 15) is 9.59 Å². The van der Waals surface area contributed by atoms with Crippen LogP contribution in [0.1, 0.15) is 23.9 Å². The summed E-state index contributed by atoms with van der Waals surface area (Å²) in [5, 5.41) is 3.70. The zero-order chi connectivity index (χ0) is 20.1. The summed E-state index contributed by atoms with van der Waals surface area (Å²) in [6.07, 6.45) is 0.682. The Bertz CT molecular complexity index is 1010. The molecule has 0 unspecified atom stereocenters. The summed E-state index contributed by atoms with van der Waals surface area (Å²) in [7, 11) is 5.67. The molecule has 0 radical (unpaired) electrons. The quantitative estimate of drug-likeness (QED) is 0.685. The van der Waals surface area contributed by atoms with Crippen LogP contribution in [-0.4, -0.2) is 41.0 Å². The van der Waals surface area contributed by atoms with E-state index in [4.69, 9.17) is 0 Å². The Labute approximate surface area is 164 Å². The third-order valence-electron chi connectivity index (χ3n) is 4.74. The van der Waals surface area contributed by atoms with E-state index < -0.39 is 0 Å². The average Bonchev–Trinajstić information content (AvgIpc) is 2.69. The van der Waals surface area contributed by atoms with Gasteiger partial charge in [-0.2, -0.15) is 0 Å². The number of carbonyl (C=O) groups is 1. The van der Waals surface area contributed by atoms with E-state index >= 15 is 0 Å². The maximum Gasteiger partial charge on any atom is 0.261 e. The number of aryl methyl sites for hydroxylation is 1. The summed E-state index contributed by atoms with van der Waals surface area (Å²) in [5.74, 6) is 0.556. The van der Waals surface area contributed by atoms with E-state index in [1.807, 2.05) is 67.5 Å². The van der Waals surface area contributed by atoms with E-state index in [0.717, 1.165) is 5.56 Å². The Balaban J connectivity index is 1.72. The predicted octanol–water partition coefficient (Wildman–Crippen LogP) is 2.29. The first-order valence-corrected chi connectivity index (χ1v) is 9.39. The van der Waals surface area contributed by atoms with E-state index in [-0.39, 0.29) is 23.9 Å². The highest BCUT2D eigenvalue weighted by molar-refractivity contribution is 5.78. The Morgan fingerprint density at radius 2 is 1.79 bits per heavy atom. The molecule has 0 aliphatic heterocycles. The predicted molar refractivity (Wildman–Crippen MR) is 111 cm³/mol. The van der Waals surface area contributed by atoms with Crippen LogP contribution in [0.4, 0.5) is 0 Å². The minimum absolute atomic E-state index is 0.0573. The lowest BCUT2D eigenvalue weighted by molar-refractivity contribution is -0.121. The molecule has 1 atom stereocenters. The molecule has 1 heterocycles. The van der Waals surface area contributed by atoms with Crippen molar-refractivity contribution in [3.05, 3.63) is 76.3 Å². The minimum atomic E-state index is -0.0872. The second kappa shape index (κ2) is 8.80. The highest BCUT2D eigenvalue weighted by atomic mass is 16.1. The van der Waals surface area contributed by atoms with Gasteiger partial charge >= 0.3 is 0 Å². The van der Waals surface area contributed by atoms with Crippen LogP contribution < -0.4 is 10.9 Å². The second-order valence-corrected chi connectivity index (χ2v) is 7.20. The lowest BCUT2D eigenvalue weighted by Crippen LogP contribution is -2.35. The van der Waals surface area contributed by atoms with Crippen molar-refractivity contribution >= 4 is 16.8 Å². The molecule has 2 aromatic carbocycles. The van der Waals surface area contributed by atoms with Crippen LogP contribution in [0.2, 0.25) is 0 Å². The zero-order valence-corrected chi connectivity index (χ0v) is 16.6. The molecule has 3 aromatic rings. The standard InChI is InChI=1S/C22H26N4O2/c1-25(2)15-19(16-9-5-4-6-10-16)24-21(27)14-13-20-23-18-12-8-7-11-17(18)22(28)26(20)3/h4-12,19H,13-15H2,1-3H3,(H,24,27)/t19-/m1/s1. The van der Waals surface area contributed by atoms with Crippen molar-refractivity contribution in [3.8, 4) is 0 Å². The molecular formula is C22H26N4O2. The summed E-state index contributed by atoms with van der Waals surface area (Å²) >= 11 is 0. The van der Waals surface area contributed by atoms with Crippen LogP contribution in [0.15, 0.2) is 59.4 Å². The van der Waals surface area contributed by atoms with Crippen molar-refractivity contribution in [1.82, 2.24) is 19.8 Å². The van der Waals surface area contributed by atoms with Crippen LogP contribution in [-0.2, 0) is 18.3 Å². The van der Waals surface area contributed by atoms with Crippen molar-refractivity contribution in [1.29, 1.82) is 0 Å². The monoisotopic (exact) mass is 378 g/mol. The Morgan fingerprint density at radius 1 is 1.11 bits per heavy atom. The largest absolute Gasteiger partial charge is 0.348 e. The van der Waals surface area contributed by atoms with Gasteiger partial charge in [-0.25, -0.2) is 4.98 Å². The van der Waals surface area contributed by atoms with E-state index in [1.54, 1.807) is 13.1 Å². The van der Waals surface area contributed by atoms with Crippen molar-refractivity contribution in [3.63, 3.8) is 0 Å². The minimum Gasteiger partial charge on any atom is -0.348 e. The molecule has 0 aliphatic carbocycles. The first-order chi connectivity index (χ1) is 13.5. The molecule has 1 aromatic heterocycles. The van der Waals surface area contributed by atoms with Gasteiger partial charge in [-0.05, 0) is 31.8 Å². The van der Waals surface area contributed by atoms with E-state index in [0.29, 0.717) is 29.7 Å². The fraction of sp³-hybridized carbons (Fsp3) is 0.318. The molecule has 0 saturated heterocycles. The van der Waals surface area contributed by atoms with Gasteiger partial charge in [-0.3, -0.25) is 14.2 Å². The number of likely N-dealkylation sites (N-methyl/N-ethyl adjacent to an activating group) is 1. The Kier molecular flexibility index (Phi) is 6.21. The third-order valence-corrected chi connectivity index (χ3v) is 4.74. The summed E-state index contributed by atoms with van der Waals surface area (Å²) in [6.45, 7) is 0.711. The van der Waals surface area contributed by atoms with E-state index in [2.05, 4.69) is 10.3 Å². The smallest absolute Gasteiger partial charge is 0.261 e. The molecule has 3 rings (SSSR count). The first kappa shape index (κ1) is 19.8. The van der Waals surface area contributed by atoms with Gasteiger partial charge in [-0.15, -0.1) is 0 Å². The van der Waals surface area contributed by atoms with Gasteiger partial charge in [0.05, 0.1) is 16.9 Å². The summed E-state index contributed by atoms with van der Waals surface area (Å²) in [4.78, 5) is 31.7. The molecule has 146 valence electrons. The highest BCUT2D eigenvalue weighted by Crippen LogP contribution is 2.14. The van der Waals surface area contributed by atoms with Gasteiger partial charge in [0.2, 0.25) is 5.91 Å². The molecule has 0 aliphatic rings. The number of aromatic nitrogens is 2. The molecule has 0 spiro atoms. The third kappa shape index (κ3) is 4.64. The molecule has 28 heavy (non-hydrogen) atoms. The average molecular weight is 378 g/mol. The Morgan fingerprint density at radius 3 is 2.50 bits per heavy atom. The maximum absolute atomic E-state index is 12.6. The first-order valence-electron chi connectivity index (χ1n) is 9.39.